The molecule has 1 atom stereocenters. The summed E-state index contributed by atoms with van der Waals surface area (Å²) >= 11 is 1.74. The topological polar surface area (TPSA) is 43.8 Å². The Morgan fingerprint density at radius 3 is 2.67 bits per heavy atom. The maximum atomic E-state index is 6.24. The summed E-state index contributed by atoms with van der Waals surface area (Å²) in [6.45, 7) is 3.05. The number of thioether (sulfide) groups is 1. The van der Waals surface area contributed by atoms with Crippen LogP contribution in [0.2, 0.25) is 0 Å². The van der Waals surface area contributed by atoms with E-state index in [0.29, 0.717) is 0 Å². The van der Waals surface area contributed by atoms with Gasteiger partial charge in [0.25, 0.3) is 0 Å². The van der Waals surface area contributed by atoms with Gasteiger partial charge in [0.05, 0.1) is 0 Å². The molecule has 0 aliphatic rings. The molecule has 0 amide bonds. The van der Waals surface area contributed by atoms with Crippen LogP contribution in [-0.2, 0) is 13.0 Å². The Balaban J connectivity index is 2.09. The van der Waals surface area contributed by atoms with Gasteiger partial charge in [0.2, 0.25) is 0 Å². The highest BCUT2D eigenvalue weighted by Gasteiger charge is 2.10. The maximum absolute atomic E-state index is 6.24. The summed E-state index contributed by atoms with van der Waals surface area (Å²) in [5, 5.41) is 0. The molecule has 3 nitrogen and oxygen atoms in total. The number of nitrogens with two attached hydrogens (primary N) is 1. The van der Waals surface area contributed by atoms with Gasteiger partial charge in [0.15, 0.2) is 0 Å². The van der Waals surface area contributed by atoms with Gasteiger partial charge in [0.1, 0.15) is 5.82 Å². The summed E-state index contributed by atoms with van der Waals surface area (Å²) in [5.74, 6) is 1.05. The van der Waals surface area contributed by atoms with Gasteiger partial charge in [-0.05, 0) is 30.9 Å². The molecule has 0 aliphatic heterocycles. The standard InChI is InChI=1S/C14H19N3S/c1-3-17-9-8-16-14(17)10-13(15)11-4-6-12(18-2)7-5-11/h4-9,13H,3,10,15H2,1-2H3. The van der Waals surface area contributed by atoms with Crippen molar-refractivity contribution in [3.63, 3.8) is 0 Å². The second kappa shape index (κ2) is 6.07. The first-order valence-corrected chi connectivity index (χ1v) is 7.36. The third-order valence-electron chi connectivity index (χ3n) is 3.09. The first-order chi connectivity index (χ1) is 8.74. The molecule has 1 aromatic heterocycles. The van der Waals surface area contributed by atoms with Gasteiger partial charge in [-0.1, -0.05) is 12.1 Å². The van der Waals surface area contributed by atoms with Gasteiger partial charge in [-0.15, -0.1) is 11.8 Å². The molecule has 18 heavy (non-hydrogen) atoms. The molecule has 2 N–H and O–H groups in total. The molecule has 0 aliphatic carbocycles. The zero-order valence-electron chi connectivity index (χ0n) is 10.8. The van der Waals surface area contributed by atoms with E-state index in [1.807, 2.05) is 12.4 Å². The molecule has 0 fully saturated rings. The van der Waals surface area contributed by atoms with Crippen LogP contribution in [0.15, 0.2) is 41.6 Å². The van der Waals surface area contributed by atoms with E-state index in [-0.39, 0.29) is 6.04 Å². The maximum Gasteiger partial charge on any atom is 0.110 e. The van der Waals surface area contributed by atoms with E-state index in [9.17, 15) is 0 Å². The lowest BCUT2D eigenvalue weighted by Gasteiger charge is -2.13. The van der Waals surface area contributed by atoms with E-state index in [4.69, 9.17) is 5.73 Å². The summed E-state index contributed by atoms with van der Waals surface area (Å²) in [5.41, 5.74) is 7.41. The van der Waals surface area contributed by atoms with E-state index in [1.54, 1.807) is 11.8 Å². The van der Waals surface area contributed by atoms with Crippen molar-refractivity contribution in [3.8, 4) is 0 Å². The lowest BCUT2D eigenvalue weighted by molar-refractivity contribution is 0.628. The van der Waals surface area contributed by atoms with Crippen molar-refractivity contribution in [2.24, 2.45) is 5.73 Å². The number of nitrogens with zero attached hydrogens (tertiary/aromatic N) is 2. The van der Waals surface area contributed by atoms with Gasteiger partial charge in [-0.3, -0.25) is 0 Å². The Labute approximate surface area is 112 Å². The minimum absolute atomic E-state index is 0.00797. The molecule has 0 bridgehead atoms. The van der Waals surface area contributed by atoms with Crippen molar-refractivity contribution in [1.82, 2.24) is 9.55 Å². The van der Waals surface area contributed by atoms with Crippen molar-refractivity contribution >= 4 is 11.8 Å². The average molecular weight is 261 g/mol. The summed E-state index contributed by atoms with van der Waals surface area (Å²) in [6, 6.07) is 8.46. The molecule has 0 saturated carbocycles. The number of hydrogen-bond acceptors (Lipinski definition) is 3. The number of imidazole rings is 1. The normalized spacial score (nSPS) is 12.6. The van der Waals surface area contributed by atoms with E-state index >= 15 is 0 Å². The molecule has 1 aromatic carbocycles. The molecule has 0 spiro atoms. The van der Waals surface area contributed by atoms with Crippen LogP contribution in [0.5, 0.6) is 0 Å². The molecule has 1 heterocycles. The fourth-order valence-corrected chi connectivity index (χ4v) is 2.39. The highest BCUT2D eigenvalue weighted by Crippen LogP contribution is 2.20. The minimum atomic E-state index is 0.00797. The third kappa shape index (κ3) is 2.94. The molecule has 2 aromatic rings. The fraction of sp³-hybridized carbons (Fsp3) is 0.357. The lowest BCUT2D eigenvalue weighted by Crippen LogP contribution is -2.16. The fourth-order valence-electron chi connectivity index (χ4n) is 1.98. The van der Waals surface area contributed by atoms with Crippen LogP contribution in [0.1, 0.15) is 24.4 Å². The second-order valence-corrected chi connectivity index (χ2v) is 5.09. The number of benzene rings is 1. The van der Waals surface area contributed by atoms with E-state index < -0.39 is 0 Å². The zero-order valence-corrected chi connectivity index (χ0v) is 11.7. The number of hydrogen-bond donors (Lipinski definition) is 1. The molecule has 96 valence electrons. The van der Waals surface area contributed by atoms with Crippen molar-refractivity contribution in [3.05, 3.63) is 48.0 Å². The van der Waals surface area contributed by atoms with Crippen LogP contribution in [0, 0.1) is 0 Å². The van der Waals surface area contributed by atoms with Crippen LogP contribution in [0.3, 0.4) is 0 Å². The van der Waals surface area contributed by atoms with Gasteiger partial charge in [-0.25, -0.2) is 4.98 Å². The summed E-state index contributed by atoms with van der Waals surface area (Å²) < 4.78 is 2.14. The molecular formula is C14H19N3S. The van der Waals surface area contributed by atoms with Gasteiger partial charge in [0, 0.05) is 36.3 Å². The highest BCUT2D eigenvalue weighted by molar-refractivity contribution is 7.98. The van der Waals surface area contributed by atoms with E-state index in [0.717, 1.165) is 18.8 Å². The Morgan fingerprint density at radius 2 is 2.06 bits per heavy atom. The minimum Gasteiger partial charge on any atom is -0.335 e. The van der Waals surface area contributed by atoms with Crippen molar-refractivity contribution in [2.75, 3.05) is 6.26 Å². The van der Waals surface area contributed by atoms with Crippen LogP contribution in [-0.4, -0.2) is 15.8 Å². The van der Waals surface area contributed by atoms with Gasteiger partial charge in [-0.2, -0.15) is 0 Å². The van der Waals surface area contributed by atoms with E-state index in [2.05, 4.69) is 47.0 Å². The average Bonchev–Trinajstić information content (AvgIpc) is 2.86. The lowest BCUT2D eigenvalue weighted by atomic mass is 10.0. The predicted molar refractivity (Wildman–Crippen MR) is 76.8 cm³/mol. The highest BCUT2D eigenvalue weighted by atomic mass is 32.2. The Morgan fingerprint density at radius 1 is 1.33 bits per heavy atom. The number of aryl methyl sites for hydroxylation is 1. The monoisotopic (exact) mass is 261 g/mol. The van der Waals surface area contributed by atoms with Crippen molar-refractivity contribution < 1.29 is 0 Å². The number of aromatic nitrogens is 2. The predicted octanol–water partition coefficient (Wildman–Crippen LogP) is 2.87. The summed E-state index contributed by atoms with van der Waals surface area (Å²) in [4.78, 5) is 5.63. The molecule has 1 unspecified atom stereocenters. The van der Waals surface area contributed by atoms with E-state index in [1.165, 1.54) is 10.5 Å². The SMILES string of the molecule is CCn1ccnc1CC(N)c1ccc(SC)cc1. The smallest absolute Gasteiger partial charge is 0.110 e. The first kappa shape index (κ1) is 13.2. The Bertz CT molecular complexity index is 490. The van der Waals surface area contributed by atoms with Crippen molar-refractivity contribution in [2.45, 2.75) is 30.8 Å². The van der Waals surface area contributed by atoms with Crippen LogP contribution < -0.4 is 5.73 Å². The Hall–Kier alpha value is -1.26. The molecule has 0 saturated heterocycles. The largest absolute Gasteiger partial charge is 0.335 e. The summed E-state index contributed by atoms with van der Waals surface area (Å²) in [6.07, 6.45) is 6.69. The van der Waals surface area contributed by atoms with Gasteiger partial charge < -0.3 is 10.3 Å². The molecule has 4 heteroatoms. The summed E-state index contributed by atoms with van der Waals surface area (Å²) in [7, 11) is 0. The first-order valence-electron chi connectivity index (χ1n) is 6.14. The van der Waals surface area contributed by atoms with Gasteiger partial charge >= 0.3 is 0 Å². The molecule has 2 rings (SSSR count). The third-order valence-corrected chi connectivity index (χ3v) is 3.83. The Kier molecular flexibility index (Phi) is 4.44. The zero-order chi connectivity index (χ0) is 13.0. The van der Waals surface area contributed by atoms with Crippen LogP contribution in [0.25, 0.3) is 0 Å². The quantitative estimate of drug-likeness (QED) is 0.842. The second-order valence-electron chi connectivity index (χ2n) is 4.21. The van der Waals surface area contributed by atoms with Crippen molar-refractivity contribution in [1.29, 1.82) is 0 Å². The number of rotatable bonds is 5. The molecule has 0 radical (unpaired) electrons. The van der Waals surface area contributed by atoms with Crippen LogP contribution >= 0.6 is 11.8 Å². The molecular weight excluding hydrogens is 242 g/mol. The van der Waals surface area contributed by atoms with Crippen LogP contribution in [0.4, 0.5) is 0 Å².